The van der Waals surface area contributed by atoms with Gasteiger partial charge < -0.3 is 20.5 Å². The summed E-state index contributed by atoms with van der Waals surface area (Å²) < 4.78 is 5.58. The SMILES string of the molecule is Nc1cccc(OCCC(=O)N2C3CCC2CC(O)C3)c1. The molecule has 2 heterocycles. The first-order valence-corrected chi connectivity index (χ1v) is 7.61. The summed E-state index contributed by atoms with van der Waals surface area (Å²) in [5.74, 6) is 0.832. The molecule has 0 spiro atoms. The summed E-state index contributed by atoms with van der Waals surface area (Å²) in [4.78, 5) is 14.3. The summed E-state index contributed by atoms with van der Waals surface area (Å²) in [5, 5.41) is 9.77. The van der Waals surface area contributed by atoms with Crippen molar-refractivity contribution in [2.45, 2.75) is 50.3 Å². The van der Waals surface area contributed by atoms with Crippen LogP contribution in [0.4, 0.5) is 5.69 Å². The molecule has 3 rings (SSSR count). The molecule has 1 aromatic carbocycles. The van der Waals surface area contributed by atoms with Gasteiger partial charge in [-0.15, -0.1) is 0 Å². The van der Waals surface area contributed by atoms with E-state index in [0.29, 0.717) is 24.5 Å². The topological polar surface area (TPSA) is 75.8 Å². The van der Waals surface area contributed by atoms with E-state index in [-0.39, 0.29) is 24.1 Å². The number of fused-ring (bicyclic) bond motifs is 2. The quantitative estimate of drug-likeness (QED) is 0.825. The fraction of sp³-hybridized carbons (Fsp3) is 0.562. The molecular weight excluding hydrogens is 268 g/mol. The monoisotopic (exact) mass is 290 g/mol. The van der Waals surface area contributed by atoms with Crippen LogP contribution in [0.1, 0.15) is 32.1 Å². The second kappa shape index (κ2) is 5.93. The van der Waals surface area contributed by atoms with E-state index in [1.807, 2.05) is 17.0 Å². The van der Waals surface area contributed by atoms with Gasteiger partial charge in [-0.1, -0.05) is 6.07 Å². The van der Waals surface area contributed by atoms with Crippen LogP contribution in [0.15, 0.2) is 24.3 Å². The van der Waals surface area contributed by atoms with Gasteiger partial charge in [-0.3, -0.25) is 4.79 Å². The van der Waals surface area contributed by atoms with Crippen molar-refractivity contribution in [2.75, 3.05) is 12.3 Å². The van der Waals surface area contributed by atoms with Gasteiger partial charge in [0, 0.05) is 23.8 Å². The number of hydrogen-bond acceptors (Lipinski definition) is 4. The van der Waals surface area contributed by atoms with Crippen molar-refractivity contribution in [3.05, 3.63) is 24.3 Å². The first kappa shape index (κ1) is 14.2. The van der Waals surface area contributed by atoms with E-state index >= 15 is 0 Å². The lowest BCUT2D eigenvalue weighted by Crippen LogP contribution is -2.48. The van der Waals surface area contributed by atoms with Crippen LogP contribution < -0.4 is 10.5 Å². The molecule has 0 radical (unpaired) electrons. The largest absolute Gasteiger partial charge is 0.493 e. The average Bonchev–Trinajstić information content (AvgIpc) is 2.71. The number of nitrogens with two attached hydrogens (primary N) is 1. The predicted molar refractivity (Wildman–Crippen MR) is 79.9 cm³/mol. The van der Waals surface area contributed by atoms with Crippen LogP contribution in [0.25, 0.3) is 0 Å². The summed E-state index contributed by atoms with van der Waals surface area (Å²) in [6.45, 7) is 0.362. The number of amides is 1. The zero-order chi connectivity index (χ0) is 14.8. The van der Waals surface area contributed by atoms with Crippen LogP contribution in [0.3, 0.4) is 0 Å². The Hall–Kier alpha value is -1.75. The number of nitrogens with zero attached hydrogens (tertiary/aromatic N) is 1. The van der Waals surface area contributed by atoms with Gasteiger partial charge in [0.2, 0.25) is 5.91 Å². The Labute approximate surface area is 124 Å². The number of benzene rings is 1. The van der Waals surface area contributed by atoms with E-state index < -0.39 is 0 Å². The lowest BCUT2D eigenvalue weighted by Gasteiger charge is -2.37. The maximum absolute atomic E-state index is 12.4. The summed E-state index contributed by atoms with van der Waals surface area (Å²) in [7, 11) is 0. The number of carbonyl (C=O) groups excluding carboxylic acids is 1. The summed E-state index contributed by atoms with van der Waals surface area (Å²) in [6, 6.07) is 7.66. The summed E-state index contributed by atoms with van der Waals surface area (Å²) >= 11 is 0. The van der Waals surface area contributed by atoms with E-state index in [0.717, 1.165) is 25.7 Å². The Morgan fingerprint density at radius 2 is 2.05 bits per heavy atom. The molecule has 2 atom stereocenters. The molecule has 2 saturated heterocycles. The van der Waals surface area contributed by atoms with Crippen LogP contribution in [0.2, 0.25) is 0 Å². The molecule has 0 aliphatic carbocycles. The molecule has 2 aliphatic rings. The number of rotatable bonds is 4. The molecule has 0 saturated carbocycles. The summed E-state index contributed by atoms with van der Waals surface area (Å²) in [6.07, 6.45) is 3.61. The van der Waals surface area contributed by atoms with Crippen molar-refractivity contribution in [1.29, 1.82) is 0 Å². The van der Waals surface area contributed by atoms with Gasteiger partial charge in [0.05, 0.1) is 19.1 Å². The van der Waals surface area contributed by atoms with Gasteiger partial charge in [-0.25, -0.2) is 0 Å². The highest BCUT2D eigenvalue weighted by Crippen LogP contribution is 2.36. The van der Waals surface area contributed by atoms with Gasteiger partial charge in [0.15, 0.2) is 0 Å². The smallest absolute Gasteiger partial charge is 0.226 e. The van der Waals surface area contributed by atoms with E-state index in [2.05, 4.69) is 0 Å². The molecule has 114 valence electrons. The van der Waals surface area contributed by atoms with Gasteiger partial charge in [-0.05, 0) is 37.8 Å². The second-order valence-electron chi connectivity index (χ2n) is 5.98. The molecule has 2 aliphatic heterocycles. The van der Waals surface area contributed by atoms with Crippen molar-refractivity contribution >= 4 is 11.6 Å². The minimum Gasteiger partial charge on any atom is -0.493 e. The fourth-order valence-corrected chi connectivity index (χ4v) is 3.55. The molecule has 1 aromatic rings. The third-order valence-corrected chi connectivity index (χ3v) is 4.44. The minimum absolute atomic E-state index is 0.137. The first-order chi connectivity index (χ1) is 10.1. The van der Waals surface area contributed by atoms with Crippen LogP contribution in [-0.4, -0.2) is 40.7 Å². The van der Waals surface area contributed by atoms with Gasteiger partial charge >= 0.3 is 0 Å². The highest BCUT2D eigenvalue weighted by atomic mass is 16.5. The zero-order valence-electron chi connectivity index (χ0n) is 12.1. The van der Waals surface area contributed by atoms with E-state index in [4.69, 9.17) is 10.5 Å². The van der Waals surface area contributed by atoms with Crippen molar-refractivity contribution < 1.29 is 14.6 Å². The molecule has 0 aromatic heterocycles. The number of nitrogen functional groups attached to an aromatic ring is 1. The Balaban J connectivity index is 1.51. The number of ether oxygens (including phenoxy) is 1. The average molecular weight is 290 g/mol. The number of carbonyl (C=O) groups is 1. The lowest BCUT2D eigenvalue weighted by atomic mass is 9.99. The molecular formula is C16H22N2O3. The Morgan fingerprint density at radius 3 is 2.71 bits per heavy atom. The number of anilines is 1. The second-order valence-corrected chi connectivity index (χ2v) is 5.98. The molecule has 5 nitrogen and oxygen atoms in total. The van der Waals surface area contributed by atoms with Crippen LogP contribution in [0.5, 0.6) is 5.75 Å². The molecule has 3 N–H and O–H groups in total. The van der Waals surface area contributed by atoms with Gasteiger partial charge in [0.1, 0.15) is 5.75 Å². The van der Waals surface area contributed by atoms with E-state index in [1.54, 1.807) is 12.1 Å². The van der Waals surface area contributed by atoms with E-state index in [9.17, 15) is 9.90 Å². The predicted octanol–water partition coefficient (Wildman–Crippen LogP) is 1.55. The third kappa shape index (κ3) is 3.13. The summed E-state index contributed by atoms with van der Waals surface area (Å²) in [5.41, 5.74) is 6.34. The number of piperidine rings is 1. The Bertz CT molecular complexity index is 506. The number of hydrogen-bond donors (Lipinski definition) is 2. The van der Waals surface area contributed by atoms with Crippen LogP contribution in [-0.2, 0) is 4.79 Å². The highest BCUT2D eigenvalue weighted by Gasteiger charge is 2.42. The molecule has 2 unspecified atom stereocenters. The van der Waals surface area contributed by atoms with E-state index in [1.165, 1.54) is 0 Å². The standard InChI is InChI=1S/C16H22N2O3/c17-11-2-1-3-15(8-11)21-7-6-16(20)18-12-4-5-13(18)10-14(19)9-12/h1-3,8,12-14,19H,4-7,9-10,17H2. The maximum atomic E-state index is 12.4. The van der Waals surface area contributed by atoms with Crippen LogP contribution >= 0.6 is 0 Å². The van der Waals surface area contributed by atoms with Gasteiger partial charge in [0.25, 0.3) is 0 Å². The Kier molecular flexibility index (Phi) is 4.01. The Morgan fingerprint density at radius 1 is 1.33 bits per heavy atom. The number of aliphatic hydroxyl groups excluding tert-OH is 1. The van der Waals surface area contributed by atoms with Crippen molar-refractivity contribution in [2.24, 2.45) is 0 Å². The maximum Gasteiger partial charge on any atom is 0.226 e. The molecule has 2 fully saturated rings. The first-order valence-electron chi connectivity index (χ1n) is 7.61. The van der Waals surface area contributed by atoms with Crippen molar-refractivity contribution in [3.8, 4) is 5.75 Å². The third-order valence-electron chi connectivity index (χ3n) is 4.44. The van der Waals surface area contributed by atoms with Crippen LogP contribution in [0, 0.1) is 0 Å². The fourth-order valence-electron chi connectivity index (χ4n) is 3.55. The molecule has 5 heteroatoms. The van der Waals surface area contributed by atoms with Crippen molar-refractivity contribution in [3.63, 3.8) is 0 Å². The molecule has 21 heavy (non-hydrogen) atoms. The molecule has 1 amide bonds. The normalized spacial score (nSPS) is 27.7. The lowest BCUT2D eigenvalue weighted by molar-refractivity contribution is -0.137. The van der Waals surface area contributed by atoms with Crippen molar-refractivity contribution in [1.82, 2.24) is 4.90 Å². The zero-order valence-corrected chi connectivity index (χ0v) is 12.1. The number of aliphatic hydroxyl groups is 1. The minimum atomic E-state index is -0.241. The van der Waals surface area contributed by atoms with Gasteiger partial charge in [-0.2, -0.15) is 0 Å². The molecule has 2 bridgehead atoms. The highest BCUT2D eigenvalue weighted by molar-refractivity contribution is 5.77.